The second kappa shape index (κ2) is 36.0. The van der Waals surface area contributed by atoms with Gasteiger partial charge in [0, 0.05) is 12.2 Å². The number of carbonyl (C=O) groups excluding carboxylic acids is 1. The van der Waals surface area contributed by atoms with E-state index in [-0.39, 0.29) is 5.82 Å². The van der Waals surface area contributed by atoms with Gasteiger partial charge in [-0.25, -0.2) is 4.39 Å². The Balaban J connectivity index is -0.000000490. The average molecular weight is 575 g/mol. The summed E-state index contributed by atoms with van der Waals surface area (Å²) in [5.74, 6) is 0.554. The van der Waals surface area contributed by atoms with Gasteiger partial charge in [-0.05, 0) is 63.0 Å². The van der Waals surface area contributed by atoms with Crippen molar-refractivity contribution in [2.45, 2.75) is 152 Å². The van der Waals surface area contributed by atoms with E-state index in [4.69, 9.17) is 9.53 Å². The third-order valence-electron chi connectivity index (χ3n) is 6.20. The summed E-state index contributed by atoms with van der Waals surface area (Å²) in [7, 11) is 0. The van der Waals surface area contributed by atoms with Crippen LogP contribution in [-0.4, -0.2) is 12.9 Å². The molecular formula is C38H67FO2. The van der Waals surface area contributed by atoms with Crippen LogP contribution in [0.2, 0.25) is 0 Å². The van der Waals surface area contributed by atoms with Crippen molar-refractivity contribution in [3.8, 4) is 0 Å². The van der Waals surface area contributed by atoms with Crippen molar-refractivity contribution in [2.24, 2.45) is 5.92 Å². The van der Waals surface area contributed by atoms with Crippen LogP contribution in [0.15, 0.2) is 54.7 Å². The lowest BCUT2D eigenvalue weighted by Gasteiger charge is -2.06. The first-order valence-corrected chi connectivity index (χ1v) is 16.7. The van der Waals surface area contributed by atoms with Crippen molar-refractivity contribution >= 4 is 6.29 Å². The Kier molecular flexibility index (Phi) is 38.2. The lowest BCUT2D eigenvalue weighted by atomic mass is 10.1. The van der Waals surface area contributed by atoms with E-state index in [1.54, 1.807) is 18.2 Å². The number of unbranched alkanes of at least 4 members (excludes halogenated alkanes) is 6. The van der Waals surface area contributed by atoms with E-state index in [1.165, 1.54) is 96.0 Å². The zero-order valence-corrected chi connectivity index (χ0v) is 28.4. The number of ether oxygens (including phenoxy) is 1. The first-order valence-electron chi connectivity index (χ1n) is 16.7. The monoisotopic (exact) mass is 575 g/mol. The van der Waals surface area contributed by atoms with Crippen molar-refractivity contribution in [3.63, 3.8) is 0 Å². The number of aldehydes is 1. The molecule has 0 unspecified atom stereocenters. The Bertz CT molecular complexity index is 741. The van der Waals surface area contributed by atoms with E-state index in [9.17, 15) is 4.39 Å². The van der Waals surface area contributed by atoms with E-state index in [0.29, 0.717) is 18.6 Å². The van der Waals surface area contributed by atoms with Gasteiger partial charge < -0.3 is 9.53 Å². The number of carbonyl (C=O) groups is 1. The summed E-state index contributed by atoms with van der Waals surface area (Å²) >= 11 is 0. The fourth-order valence-corrected chi connectivity index (χ4v) is 3.58. The standard InChI is InChI=1S/C14H17FO.C8H12.C7H16.C5H12.C2H4O.C2H6/c1-2-3-11-6-7-13(14(15)8-11)10-16-9-12-4-5-12;1-2-8-6-4-3-5-7-8;1-3-5-7-6-4-2;1-3-5-4-2;1-2-3;1-2/h2,6-8,12H,1,3-5,9-10H2;4,6-7H,2-3,5H2,1H3;3-7H2,1-2H3;3-5H2,1-2H3;2H,1H3;1-2H3. The minimum atomic E-state index is -0.171. The SMILES string of the molecule is C=CCc1ccc(COCC2CC2)c(F)c1.CC.CC=O.CCC1=CCCC=C1.CCCCC.CCCCCCC. The summed E-state index contributed by atoms with van der Waals surface area (Å²) in [5.41, 5.74) is 3.10. The minimum absolute atomic E-state index is 0.171. The van der Waals surface area contributed by atoms with Gasteiger partial charge in [-0.15, -0.1) is 6.58 Å². The zero-order chi connectivity index (χ0) is 31.6. The highest BCUT2D eigenvalue weighted by Gasteiger charge is 2.21. The van der Waals surface area contributed by atoms with Gasteiger partial charge in [0.2, 0.25) is 0 Å². The van der Waals surface area contributed by atoms with Crippen molar-refractivity contribution in [3.05, 3.63) is 71.6 Å². The summed E-state index contributed by atoms with van der Waals surface area (Å²) in [6.07, 6.45) is 27.3. The number of benzene rings is 1. The molecule has 0 amide bonds. The summed E-state index contributed by atoms with van der Waals surface area (Å²) in [5, 5.41) is 0. The molecule has 0 aliphatic heterocycles. The molecule has 0 spiro atoms. The van der Waals surface area contributed by atoms with Crippen LogP contribution in [0.4, 0.5) is 4.39 Å². The number of hydrogen-bond donors (Lipinski definition) is 0. The molecule has 0 saturated heterocycles. The molecule has 238 valence electrons. The fourth-order valence-electron chi connectivity index (χ4n) is 3.58. The summed E-state index contributed by atoms with van der Waals surface area (Å²) in [6.45, 7) is 21.3. The van der Waals surface area contributed by atoms with Gasteiger partial charge in [-0.1, -0.05) is 142 Å². The second-order valence-electron chi connectivity index (χ2n) is 10.1. The van der Waals surface area contributed by atoms with Gasteiger partial charge >= 0.3 is 0 Å². The molecule has 0 radical (unpaired) electrons. The molecule has 1 saturated carbocycles. The molecule has 1 aromatic carbocycles. The fraction of sp³-hybridized carbons (Fsp3) is 0.658. The maximum absolute atomic E-state index is 13.6. The molecule has 1 fully saturated rings. The van der Waals surface area contributed by atoms with Crippen molar-refractivity contribution < 1.29 is 13.9 Å². The quantitative estimate of drug-likeness (QED) is 0.133. The van der Waals surface area contributed by atoms with E-state index in [2.05, 4.69) is 59.4 Å². The molecule has 2 aliphatic rings. The summed E-state index contributed by atoms with van der Waals surface area (Å²) in [6, 6.07) is 5.30. The molecular weight excluding hydrogens is 507 g/mol. The highest BCUT2D eigenvalue weighted by atomic mass is 19.1. The third kappa shape index (κ3) is 32.4. The van der Waals surface area contributed by atoms with Crippen molar-refractivity contribution in [1.82, 2.24) is 0 Å². The van der Waals surface area contributed by atoms with Gasteiger partial charge in [0.25, 0.3) is 0 Å². The molecule has 1 aromatic rings. The molecule has 0 aromatic heterocycles. The van der Waals surface area contributed by atoms with E-state index in [0.717, 1.165) is 24.4 Å². The predicted molar refractivity (Wildman–Crippen MR) is 182 cm³/mol. The van der Waals surface area contributed by atoms with E-state index < -0.39 is 0 Å². The smallest absolute Gasteiger partial charge is 0.129 e. The lowest BCUT2D eigenvalue weighted by molar-refractivity contribution is -0.106. The van der Waals surface area contributed by atoms with Crippen LogP contribution in [-0.2, 0) is 22.6 Å². The first kappa shape index (κ1) is 43.5. The maximum Gasteiger partial charge on any atom is 0.129 e. The molecule has 41 heavy (non-hydrogen) atoms. The molecule has 0 N–H and O–H groups in total. The highest BCUT2D eigenvalue weighted by molar-refractivity contribution is 5.44. The largest absolute Gasteiger partial charge is 0.376 e. The van der Waals surface area contributed by atoms with Gasteiger partial charge in [-0.3, -0.25) is 0 Å². The third-order valence-corrected chi connectivity index (χ3v) is 6.20. The zero-order valence-electron chi connectivity index (χ0n) is 28.4. The molecule has 0 bridgehead atoms. The van der Waals surface area contributed by atoms with E-state index >= 15 is 0 Å². The maximum atomic E-state index is 13.6. The molecule has 3 heteroatoms. The van der Waals surface area contributed by atoms with Crippen LogP contribution >= 0.6 is 0 Å². The molecule has 2 nitrogen and oxygen atoms in total. The van der Waals surface area contributed by atoms with Crippen LogP contribution in [0.3, 0.4) is 0 Å². The Morgan fingerprint density at radius 1 is 0.927 bits per heavy atom. The van der Waals surface area contributed by atoms with Gasteiger partial charge in [-0.2, -0.15) is 0 Å². The van der Waals surface area contributed by atoms with Crippen LogP contribution in [0, 0.1) is 11.7 Å². The lowest BCUT2D eigenvalue weighted by Crippen LogP contribution is -1.99. The predicted octanol–water partition coefficient (Wildman–Crippen LogP) is 12.6. The van der Waals surface area contributed by atoms with Crippen molar-refractivity contribution in [1.29, 1.82) is 0 Å². The van der Waals surface area contributed by atoms with Crippen molar-refractivity contribution in [2.75, 3.05) is 6.61 Å². The Morgan fingerprint density at radius 3 is 1.88 bits per heavy atom. The molecule has 0 atom stereocenters. The number of rotatable bonds is 13. The average Bonchev–Trinajstić information content (AvgIpc) is 3.83. The number of hydrogen-bond acceptors (Lipinski definition) is 2. The summed E-state index contributed by atoms with van der Waals surface area (Å²) < 4.78 is 19.1. The molecule has 3 rings (SSSR count). The van der Waals surface area contributed by atoms with Gasteiger partial charge in [0.15, 0.2) is 0 Å². The Hall–Kier alpha value is -2.00. The van der Waals surface area contributed by atoms with E-state index in [1.807, 2.05) is 19.9 Å². The number of allylic oxidation sites excluding steroid dienone is 5. The normalized spacial score (nSPS) is 12.6. The molecule has 0 heterocycles. The van der Waals surface area contributed by atoms with Crippen LogP contribution < -0.4 is 0 Å². The second-order valence-corrected chi connectivity index (χ2v) is 10.1. The summed E-state index contributed by atoms with van der Waals surface area (Å²) in [4.78, 5) is 8.81. The van der Waals surface area contributed by atoms with Gasteiger partial charge in [0.1, 0.15) is 12.1 Å². The van der Waals surface area contributed by atoms with Gasteiger partial charge in [0.05, 0.1) is 6.61 Å². The molecule has 2 aliphatic carbocycles. The number of halogens is 1. The topological polar surface area (TPSA) is 26.3 Å². The first-order chi connectivity index (χ1) is 20.0. The highest BCUT2D eigenvalue weighted by Crippen LogP contribution is 2.29. The van der Waals surface area contributed by atoms with Crippen LogP contribution in [0.1, 0.15) is 150 Å². The van der Waals surface area contributed by atoms with Crippen LogP contribution in [0.5, 0.6) is 0 Å². The Labute approximate surface area is 255 Å². The Morgan fingerprint density at radius 2 is 1.51 bits per heavy atom. The van der Waals surface area contributed by atoms with Crippen LogP contribution in [0.25, 0.3) is 0 Å². The minimum Gasteiger partial charge on any atom is -0.376 e.